The van der Waals surface area contributed by atoms with Crippen molar-refractivity contribution in [2.24, 2.45) is 17.3 Å². The van der Waals surface area contributed by atoms with Gasteiger partial charge in [0.1, 0.15) is 0 Å². The van der Waals surface area contributed by atoms with Gasteiger partial charge in [0.25, 0.3) is 0 Å². The number of likely N-dealkylation sites (tertiary alicyclic amines) is 1. The van der Waals surface area contributed by atoms with Crippen LogP contribution in [0.3, 0.4) is 0 Å². The Bertz CT molecular complexity index is 398. The first-order valence-electron chi connectivity index (χ1n) is 7.81. The predicted molar refractivity (Wildman–Crippen MR) is 74.2 cm³/mol. The number of carbonyl (C=O) groups excluding carboxylic acids is 1. The molecule has 1 heterocycles. The summed E-state index contributed by atoms with van der Waals surface area (Å²) in [7, 11) is 0. The van der Waals surface area contributed by atoms with Gasteiger partial charge in [-0.3, -0.25) is 9.59 Å². The van der Waals surface area contributed by atoms with Crippen LogP contribution in [0.15, 0.2) is 0 Å². The zero-order valence-electron chi connectivity index (χ0n) is 11.9. The van der Waals surface area contributed by atoms with Crippen LogP contribution in [-0.2, 0) is 9.59 Å². The van der Waals surface area contributed by atoms with E-state index in [1.807, 2.05) is 0 Å². The molecule has 1 atom stereocenters. The Morgan fingerprint density at radius 2 is 1.95 bits per heavy atom. The van der Waals surface area contributed by atoms with Crippen LogP contribution in [0.25, 0.3) is 0 Å². The quantitative estimate of drug-likeness (QED) is 0.764. The molecule has 0 aromatic heterocycles. The van der Waals surface area contributed by atoms with Gasteiger partial charge in [0.05, 0.1) is 6.42 Å². The molecular formula is C15H24N2O3. The molecule has 1 unspecified atom stereocenters. The number of aliphatic carboxylic acids is 1. The summed E-state index contributed by atoms with van der Waals surface area (Å²) < 4.78 is 0. The number of hydrogen-bond donors (Lipinski definition) is 2. The van der Waals surface area contributed by atoms with Gasteiger partial charge in [-0.05, 0) is 56.5 Å². The summed E-state index contributed by atoms with van der Waals surface area (Å²) in [5.41, 5.74) is 0.449. The molecule has 112 valence electrons. The van der Waals surface area contributed by atoms with Gasteiger partial charge < -0.3 is 15.3 Å². The minimum absolute atomic E-state index is 0.227. The van der Waals surface area contributed by atoms with E-state index < -0.39 is 5.97 Å². The number of carboxylic acid groups (broad SMARTS) is 1. The number of rotatable bonds is 6. The van der Waals surface area contributed by atoms with E-state index in [-0.39, 0.29) is 12.3 Å². The topological polar surface area (TPSA) is 69.6 Å². The van der Waals surface area contributed by atoms with Gasteiger partial charge >= 0.3 is 5.97 Å². The standard InChI is InChI=1S/C15H24N2O3/c18-13(19)3-8-17-6-1-11(2-7-17)10-16-14(20)12-9-15(12)4-5-15/h11-12H,1-10H2,(H,16,20)(H,18,19). The fourth-order valence-electron chi connectivity index (χ4n) is 3.47. The molecule has 2 aliphatic carbocycles. The minimum atomic E-state index is -0.724. The minimum Gasteiger partial charge on any atom is -0.481 e. The molecule has 5 nitrogen and oxygen atoms in total. The summed E-state index contributed by atoms with van der Waals surface area (Å²) >= 11 is 0. The molecule has 1 spiro atoms. The number of carboxylic acids is 1. The lowest BCUT2D eigenvalue weighted by Crippen LogP contribution is -2.39. The molecular weight excluding hydrogens is 256 g/mol. The zero-order chi connectivity index (χ0) is 14.2. The molecule has 20 heavy (non-hydrogen) atoms. The molecule has 0 bridgehead atoms. The van der Waals surface area contributed by atoms with E-state index in [4.69, 9.17) is 5.11 Å². The molecule has 2 saturated carbocycles. The predicted octanol–water partition coefficient (Wildman–Crippen LogP) is 1.09. The summed E-state index contributed by atoms with van der Waals surface area (Å²) in [4.78, 5) is 24.7. The lowest BCUT2D eigenvalue weighted by atomic mass is 9.96. The van der Waals surface area contributed by atoms with Crippen molar-refractivity contribution in [2.75, 3.05) is 26.2 Å². The second-order valence-electron chi connectivity index (χ2n) is 6.79. The number of piperidine rings is 1. The first kappa shape index (κ1) is 13.9. The third-order valence-electron chi connectivity index (χ3n) is 5.31. The van der Waals surface area contributed by atoms with E-state index >= 15 is 0 Å². The number of nitrogens with one attached hydrogen (secondary N) is 1. The Kier molecular flexibility index (Phi) is 3.71. The first-order chi connectivity index (χ1) is 9.59. The normalized spacial score (nSPS) is 28.3. The van der Waals surface area contributed by atoms with Crippen molar-refractivity contribution >= 4 is 11.9 Å². The van der Waals surface area contributed by atoms with Crippen molar-refractivity contribution < 1.29 is 14.7 Å². The Labute approximate surface area is 119 Å². The van der Waals surface area contributed by atoms with Crippen LogP contribution in [0.4, 0.5) is 0 Å². The van der Waals surface area contributed by atoms with Gasteiger partial charge in [0.2, 0.25) is 5.91 Å². The summed E-state index contributed by atoms with van der Waals surface area (Å²) in [6, 6.07) is 0. The molecule has 5 heteroatoms. The van der Waals surface area contributed by atoms with Crippen LogP contribution in [0.5, 0.6) is 0 Å². The number of carbonyl (C=O) groups is 2. The molecule has 1 amide bonds. The van der Waals surface area contributed by atoms with Crippen molar-refractivity contribution in [1.29, 1.82) is 0 Å². The molecule has 3 rings (SSSR count). The van der Waals surface area contributed by atoms with Gasteiger partial charge in [0, 0.05) is 19.0 Å². The summed E-state index contributed by atoms with van der Waals surface area (Å²) in [6.45, 7) is 3.37. The maximum absolute atomic E-state index is 12.0. The second-order valence-corrected chi connectivity index (χ2v) is 6.79. The Balaban J connectivity index is 1.30. The zero-order valence-corrected chi connectivity index (χ0v) is 11.9. The highest BCUT2D eigenvalue weighted by Gasteiger charge is 2.65. The van der Waals surface area contributed by atoms with Gasteiger partial charge in [-0.25, -0.2) is 0 Å². The van der Waals surface area contributed by atoms with E-state index in [0.29, 0.717) is 23.8 Å². The van der Waals surface area contributed by atoms with Crippen LogP contribution in [0.1, 0.15) is 38.5 Å². The lowest BCUT2D eigenvalue weighted by molar-refractivity contribution is -0.137. The Morgan fingerprint density at radius 1 is 1.25 bits per heavy atom. The maximum atomic E-state index is 12.0. The third kappa shape index (κ3) is 3.14. The first-order valence-corrected chi connectivity index (χ1v) is 7.81. The van der Waals surface area contributed by atoms with Crippen molar-refractivity contribution in [2.45, 2.75) is 38.5 Å². The van der Waals surface area contributed by atoms with E-state index in [2.05, 4.69) is 10.2 Å². The van der Waals surface area contributed by atoms with Gasteiger partial charge in [-0.2, -0.15) is 0 Å². The SMILES string of the molecule is O=C(O)CCN1CCC(CNC(=O)C2CC23CC3)CC1. The van der Waals surface area contributed by atoms with Crippen molar-refractivity contribution in [3.63, 3.8) is 0 Å². The monoisotopic (exact) mass is 280 g/mol. The van der Waals surface area contributed by atoms with Crippen LogP contribution < -0.4 is 5.32 Å². The molecule has 3 aliphatic rings. The fourth-order valence-corrected chi connectivity index (χ4v) is 3.47. The molecule has 2 N–H and O–H groups in total. The van der Waals surface area contributed by atoms with Crippen LogP contribution in [0, 0.1) is 17.3 Å². The number of amides is 1. The fraction of sp³-hybridized carbons (Fsp3) is 0.867. The average Bonchev–Trinajstić information content (AvgIpc) is 3.35. The van der Waals surface area contributed by atoms with Crippen molar-refractivity contribution in [1.82, 2.24) is 10.2 Å². The molecule has 0 aromatic carbocycles. The van der Waals surface area contributed by atoms with Crippen molar-refractivity contribution in [3.05, 3.63) is 0 Å². The lowest BCUT2D eigenvalue weighted by Gasteiger charge is -2.31. The number of hydrogen-bond acceptors (Lipinski definition) is 3. The van der Waals surface area contributed by atoms with Crippen molar-refractivity contribution in [3.8, 4) is 0 Å². The Hall–Kier alpha value is -1.10. The highest BCUT2D eigenvalue weighted by Crippen LogP contribution is 2.70. The van der Waals surface area contributed by atoms with Gasteiger partial charge in [-0.1, -0.05) is 0 Å². The second kappa shape index (κ2) is 5.35. The summed E-state index contributed by atoms with van der Waals surface area (Å²) in [5, 5.41) is 11.8. The molecule has 1 aliphatic heterocycles. The smallest absolute Gasteiger partial charge is 0.304 e. The third-order valence-corrected chi connectivity index (χ3v) is 5.31. The van der Waals surface area contributed by atoms with Crippen LogP contribution in [0.2, 0.25) is 0 Å². The van der Waals surface area contributed by atoms with E-state index in [0.717, 1.165) is 38.9 Å². The van der Waals surface area contributed by atoms with E-state index in [1.54, 1.807) is 0 Å². The molecule has 0 radical (unpaired) electrons. The largest absolute Gasteiger partial charge is 0.481 e. The number of nitrogens with zero attached hydrogens (tertiary/aromatic N) is 1. The maximum Gasteiger partial charge on any atom is 0.304 e. The highest BCUT2D eigenvalue weighted by atomic mass is 16.4. The highest BCUT2D eigenvalue weighted by molar-refractivity contribution is 5.83. The summed E-state index contributed by atoms with van der Waals surface area (Å²) in [6.07, 6.45) is 5.99. The van der Waals surface area contributed by atoms with E-state index in [9.17, 15) is 9.59 Å². The van der Waals surface area contributed by atoms with Gasteiger partial charge in [-0.15, -0.1) is 0 Å². The average molecular weight is 280 g/mol. The van der Waals surface area contributed by atoms with Gasteiger partial charge in [0.15, 0.2) is 0 Å². The molecule has 0 aromatic rings. The van der Waals surface area contributed by atoms with Crippen LogP contribution >= 0.6 is 0 Å². The molecule has 1 saturated heterocycles. The molecule has 3 fully saturated rings. The van der Waals surface area contributed by atoms with E-state index in [1.165, 1.54) is 12.8 Å². The Morgan fingerprint density at radius 3 is 2.50 bits per heavy atom. The summed E-state index contributed by atoms with van der Waals surface area (Å²) in [5.74, 6) is 0.431. The van der Waals surface area contributed by atoms with Crippen LogP contribution in [-0.4, -0.2) is 48.1 Å².